The lowest BCUT2D eigenvalue weighted by atomic mass is 10.1. The van der Waals surface area contributed by atoms with Gasteiger partial charge in [-0.05, 0) is 26.3 Å². The molecule has 62 valence electrons. The van der Waals surface area contributed by atoms with Crippen molar-refractivity contribution in [2.24, 2.45) is 0 Å². The Morgan fingerprint density at radius 1 is 1.82 bits per heavy atom. The first-order chi connectivity index (χ1) is 5.25. The fourth-order valence-electron chi connectivity index (χ4n) is 1.67. The molecule has 0 aromatic rings. The van der Waals surface area contributed by atoms with E-state index in [1.54, 1.807) is 6.92 Å². The van der Waals surface area contributed by atoms with Gasteiger partial charge in [-0.1, -0.05) is 6.08 Å². The topological polar surface area (TPSA) is 20.3 Å². The van der Waals surface area contributed by atoms with Crippen LogP contribution in [0.1, 0.15) is 19.8 Å². The number of hydrogen-bond donors (Lipinski definition) is 0. The maximum Gasteiger partial charge on any atom is 0.146 e. The van der Waals surface area contributed by atoms with Crippen molar-refractivity contribution in [2.75, 3.05) is 13.1 Å². The summed E-state index contributed by atoms with van der Waals surface area (Å²) in [7, 11) is 0. The average molecular weight is 153 g/mol. The molecule has 1 atom stereocenters. The van der Waals surface area contributed by atoms with Gasteiger partial charge >= 0.3 is 0 Å². The Bertz CT molecular complexity index is 165. The Balaban J connectivity index is 2.50. The molecule has 0 aromatic carbocycles. The second kappa shape index (κ2) is 3.67. The Morgan fingerprint density at radius 2 is 2.55 bits per heavy atom. The van der Waals surface area contributed by atoms with E-state index in [9.17, 15) is 4.79 Å². The highest BCUT2D eigenvalue weighted by Crippen LogP contribution is 2.16. The minimum atomic E-state index is 0.174. The Morgan fingerprint density at radius 3 is 3.09 bits per heavy atom. The van der Waals surface area contributed by atoms with Crippen LogP contribution in [0.4, 0.5) is 0 Å². The molecule has 0 saturated carbocycles. The summed E-state index contributed by atoms with van der Waals surface area (Å²) in [6.45, 7) is 7.24. The molecule has 1 heterocycles. The van der Waals surface area contributed by atoms with Crippen LogP contribution < -0.4 is 0 Å². The molecule has 0 spiro atoms. The summed E-state index contributed by atoms with van der Waals surface area (Å²) in [6, 6.07) is 0.174. The first kappa shape index (κ1) is 8.47. The number of carbonyl (C=O) groups is 1. The molecule has 0 aromatic heterocycles. The van der Waals surface area contributed by atoms with Gasteiger partial charge in [-0.2, -0.15) is 0 Å². The molecule has 0 amide bonds. The van der Waals surface area contributed by atoms with Gasteiger partial charge in [0.15, 0.2) is 0 Å². The van der Waals surface area contributed by atoms with Gasteiger partial charge in [0.2, 0.25) is 0 Å². The van der Waals surface area contributed by atoms with Crippen LogP contribution in [-0.4, -0.2) is 29.8 Å². The van der Waals surface area contributed by atoms with Crippen LogP contribution in [0.15, 0.2) is 12.7 Å². The van der Waals surface area contributed by atoms with Gasteiger partial charge < -0.3 is 0 Å². The second-order valence-corrected chi connectivity index (χ2v) is 3.05. The lowest BCUT2D eigenvalue weighted by Gasteiger charge is -2.19. The van der Waals surface area contributed by atoms with E-state index < -0.39 is 0 Å². The zero-order chi connectivity index (χ0) is 8.27. The van der Waals surface area contributed by atoms with E-state index in [0.29, 0.717) is 5.78 Å². The van der Waals surface area contributed by atoms with Crippen LogP contribution in [0.2, 0.25) is 0 Å². The summed E-state index contributed by atoms with van der Waals surface area (Å²) in [5.41, 5.74) is 0. The predicted molar refractivity (Wildman–Crippen MR) is 45.5 cm³/mol. The lowest BCUT2D eigenvalue weighted by molar-refractivity contribution is -0.121. The summed E-state index contributed by atoms with van der Waals surface area (Å²) in [5, 5.41) is 0. The zero-order valence-electron chi connectivity index (χ0n) is 7.05. The molecule has 0 bridgehead atoms. The lowest BCUT2D eigenvalue weighted by Crippen LogP contribution is -2.34. The maximum atomic E-state index is 11.1. The second-order valence-electron chi connectivity index (χ2n) is 3.05. The summed E-state index contributed by atoms with van der Waals surface area (Å²) < 4.78 is 0. The van der Waals surface area contributed by atoms with E-state index in [2.05, 4.69) is 11.5 Å². The first-order valence-corrected chi connectivity index (χ1v) is 4.11. The zero-order valence-corrected chi connectivity index (χ0v) is 7.05. The highest BCUT2D eigenvalue weighted by Gasteiger charge is 2.26. The molecule has 1 aliphatic rings. The minimum Gasteiger partial charge on any atom is -0.298 e. The van der Waals surface area contributed by atoms with Crippen molar-refractivity contribution >= 4 is 5.78 Å². The highest BCUT2D eigenvalue weighted by molar-refractivity contribution is 5.81. The van der Waals surface area contributed by atoms with Crippen LogP contribution in [0, 0.1) is 0 Å². The molecule has 2 nitrogen and oxygen atoms in total. The average Bonchev–Trinajstić information content (AvgIpc) is 2.36. The van der Waals surface area contributed by atoms with Crippen LogP contribution in [0.3, 0.4) is 0 Å². The Hall–Kier alpha value is -0.630. The highest BCUT2D eigenvalue weighted by atomic mass is 16.1. The van der Waals surface area contributed by atoms with E-state index >= 15 is 0 Å². The molecule has 0 N–H and O–H groups in total. The van der Waals surface area contributed by atoms with E-state index in [0.717, 1.165) is 25.9 Å². The van der Waals surface area contributed by atoms with Crippen molar-refractivity contribution in [2.45, 2.75) is 25.8 Å². The molecule has 1 aliphatic heterocycles. The van der Waals surface area contributed by atoms with Gasteiger partial charge in [0, 0.05) is 6.54 Å². The third-order valence-electron chi connectivity index (χ3n) is 2.20. The van der Waals surface area contributed by atoms with Crippen molar-refractivity contribution in [1.82, 2.24) is 4.90 Å². The normalized spacial score (nSPS) is 25.4. The minimum absolute atomic E-state index is 0.174. The van der Waals surface area contributed by atoms with Gasteiger partial charge in [-0.15, -0.1) is 6.58 Å². The molecule has 0 unspecified atom stereocenters. The van der Waals surface area contributed by atoms with Gasteiger partial charge in [0.1, 0.15) is 5.78 Å². The number of nitrogens with zero attached hydrogens (tertiary/aromatic N) is 1. The maximum absolute atomic E-state index is 11.1. The summed E-state index contributed by atoms with van der Waals surface area (Å²) in [6.07, 6.45) is 4.04. The predicted octanol–water partition coefficient (Wildman–Crippen LogP) is 1.23. The monoisotopic (exact) mass is 153 g/mol. The van der Waals surface area contributed by atoms with E-state index in [-0.39, 0.29) is 6.04 Å². The van der Waals surface area contributed by atoms with Crippen LogP contribution in [-0.2, 0) is 4.79 Å². The molecule has 1 saturated heterocycles. The third kappa shape index (κ3) is 1.90. The van der Waals surface area contributed by atoms with Crippen molar-refractivity contribution < 1.29 is 4.79 Å². The number of ketones is 1. The Labute approximate surface area is 67.9 Å². The van der Waals surface area contributed by atoms with Crippen LogP contribution in [0.25, 0.3) is 0 Å². The SMILES string of the molecule is C=CCN1CCC[C@H]1C(C)=O. The van der Waals surface area contributed by atoms with Crippen molar-refractivity contribution in [3.05, 3.63) is 12.7 Å². The fraction of sp³-hybridized carbons (Fsp3) is 0.667. The quantitative estimate of drug-likeness (QED) is 0.568. The Kier molecular flexibility index (Phi) is 2.83. The largest absolute Gasteiger partial charge is 0.298 e. The van der Waals surface area contributed by atoms with Crippen molar-refractivity contribution in [1.29, 1.82) is 0 Å². The van der Waals surface area contributed by atoms with Crippen LogP contribution >= 0.6 is 0 Å². The number of hydrogen-bond acceptors (Lipinski definition) is 2. The molecule has 11 heavy (non-hydrogen) atoms. The third-order valence-corrected chi connectivity index (χ3v) is 2.20. The molecule has 1 rings (SSSR count). The number of likely N-dealkylation sites (tertiary alicyclic amines) is 1. The molecule has 2 heteroatoms. The molecule has 0 radical (unpaired) electrons. The standard InChI is InChI=1S/C9H15NO/c1-3-6-10-7-4-5-9(10)8(2)11/h3,9H,1,4-7H2,2H3/t9-/m0/s1. The van der Waals surface area contributed by atoms with Crippen molar-refractivity contribution in [3.63, 3.8) is 0 Å². The van der Waals surface area contributed by atoms with E-state index in [4.69, 9.17) is 0 Å². The van der Waals surface area contributed by atoms with Gasteiger partial charge in [-0.25, -0.2) is 0 Å². The van der Waals surface area contributed by atoms with E-state index in [1.807, 2.05) is 6.08 Å². The molecule has 1 fully saturated rings. The molecule has 0 aliphatic carbocycles. The van der Waals surface area contributed by atoms with E-state index in [1.165, 1.54) is 0 Å². The molecular formula is C9H15NO. The van der Waals surface area contributed by atoms with Crippen LogP contribution in [0.5, 0.6) is 0 Å². The number of rotatable bonds is 3. The summed E-state index contributed by atoms with van der Waals surface area (Å²) in [5.74, 6) is 0.296. The summed E-state index contributed by atoms with van der Waals surface area (Å²) >= 11 is 0. The van der Waals surface area contributed by atoms with Gasteiger partial charge in [0.05, 0.1) is 6.04 Å². The molecular weight excluding hydrogens is 138 g/mol. The van der Waals surface area contributed by atoms with Gasteiger partial charge in [-0.3, -0.25) is 9.69 Å². The number of carbonyl (C=O) groups excluding carboxylic acids is 1. The first-order valence-electron chi connectivity index (χ1n) is 4.11. The fourth-order valence-corrected chi connectivity index (χ4v) is 1.67. The van der Waals surface area contributed by atoms with Gasteiger partial charge in [0.25, 0.3) is 0 Å². The smallest absolute Gasteiger partial charge is 0.146 e. The number of Topliss-reactive ketones (excluding diaryl/α,β-unsaturated/α-hetero) is 1. The summed E-state index contributed by atoms with van der Waals surface area (Å²) in [4.78, 5) is 13.2. The van der Waals surface area contributed by atoms with Crippen molar-refractivity contribution in [3.8, 4) is 0 Å².